The van der Waals surface area contributed by atoms with Crippen molar-refractivity contribution in [2.24, 2.45) is 0 Å². The Morgan fingerprint density at radius 2 is 1.63 bits per heavy atom. The molecule has 1 saturated heterocycles. The number of fused-ring (bicyclic) bond motifs is 1. The van der Waals surface area contributed by atoms with E-state index < -0.39 is 11.6 Å². The second-order valence-corrected chi connectivity index (χ2v) is 9.59. The summed E-state index contributed by atoms with van der Waals surface area (Å²) in [7, 11) is 1.58. The van der Waals surface area contributed by atoms with Gasteiger partial charge in [-0.25, -0.2) is 9.59 Å². The predicted octanol–water partition coefficient (Wildman–Crippen LogP) is 3.53. The molecule has 3 aromatic rings. The van der Waals surface area contributed by atoms with Crippen LogP contribution < -0.4 is 21.9 Å². The van der Waals surface area contributed by atoms with Crippen LogP contribution in [0.3, 0.4) is 0 Å². The average Bonchev–Trinajstić information content (AvgIpc) is 2.91. The van der Waals surface area contributed by atoms with Gasteiger partial charge in [0.15, 0.2) is 5.78 Å². The van der Waals surface area contributed by atoms with E-state index in [4.69, 9.17) is 4.74 Å². The van der Waals surface area contributed by atoms with Crippen LogP contribution in [0.15, 0.2) is 52.1 Å². The first-order valence-electron chi connectivity index (χ1n) is 13.0. The molecule has 0 spiro atoms. The molecule has 2 heterocycles. The molecule has 0 radical (unpaired) electrons. The first-order valence-corrected chi connectivity index (χ1v) is 13.0. The number of benzene rings is 2. The number of carbonyl (C=O) groups excluding carboxylic acids is 2. The second kappa shape index (κ2) is 12.7. The fourth-order valence-electron chi connectivity index (χ4n) is 4.82. The predicted molar refractivity (Wildman–Crippen MR) is 148 cm³/mol. The van der Waals surface area contributed by atoms with Crippen LogP contribution in [-0.4, -0.2) is 59.2 Å². The molecule has 4 rings (SSSR count). The van der Waals surface area contributed by atoms with Gasteiger partial charge in [-0.15, -0.1) is 0 Å². The van der Waals surface area contributed by atoms with Gasteiger partial charge >= 0.3 is 11.7 Å². The largest absolute Gasteiger partial charge is 0.385 e. The summed E-state index contributed by atoms with van der Waals surface area (Å²) in [6.45, 7) is 5.37. The molecule has 0 atom stereocenters. The number of aromatic nitrogens is 2. The van der Waals surface area contributed by atoms with E-state index in [2.05, 4.69) is 15.5 Å². The number of nitrogens with one attached hydrogen (secondary N) is 2. The molecule has 2 N–H and O–H groups in total. The highest BCUT2D eigenvalue weighted by Gasteiger charge is 2.16. The molecule has 0 unspecified atom stereocenters. The van der Waals surface area contributed by atoms with Gasteiger partial charge < -0.3 is 20.3 Å². The molecule has 1 aliphatic heterocycles. The zero-order chi connectivity index (χ0) is 27.1. The molecule has 1 fully saturated rings. The van der Waals surface area contributed by atoms with E-state index in [9.17, 15) is 19.2 Å². The number of anilines is 2. The number of ketones is 1. The molecule has 0 aliphatic carbocycles. The number of nitrogens with zero attached hydrogens (tertiary/aromatic N) is 3. The molecular weight excluding hydrogens is 486 g/mol. The summed E-state index contributed by atoms with van der Waals surface area (Å²) in [4.78, 5) is 53.4. The van der Waals surface area contributed by atoms with Gasteiger partial charge in [-0.2, -0.15) is 0 Å². The Labute approximate surface area is 221 Å². The van der Waals surface area contributed by atoms with Gasteiger partial charge in [-0.3, -0.25) is 18.7 Å². The zero-order valence-electron chi connectivity index (χ0n) is 22.0. The zero-order valence-corrected chi connectivity index (χ0v) is 22.0. The van der Waals surface area contributed by atoms with Gasteiger partial charge in [0.2, 0.25) is 0 Å². The van der Waals surface area contributed by atoms with Crippen molar-refractivity contribution in [2.75, 3.05) is 44.0 Å². The second-order valence-electron chi connectivity index (χ2n) is 9.59. The third-order valence-electron chi connectivity index (χ3n) is 6.83. The van der Waals surface area contributed by atoms with Gasteiger partial charge in [0.1, 0.15) is 0 Å². The third-order valence-corrected chi connectivity index (χ3v) is 6.83. The van der Waals surface area contributed by atoms with Crippen LogP contribution in [0.1, 0.15) is 43.0 Å². The van der Waals surface area contributed by atoms with Gasteiger partial charge in [-0.1, -0.05) is 18.6 Å². The molecular formula is C28H35N5O5. The van der Waals surface area contributed by atoms with Crippen molar-refractivity contribution in [3.05, 3.63) is 68.9 Å². The number of piperidine rings is 1. The molecule has 10 nitrogen and oxygen atoms in total. The standard InChI is InChI=1S/C28H35N5O5/c1-20(34)21-8-6-9-22(18-21)29-27(36)30-23-10-11-25-24(19-23)26(35)33(14-7-17-38-2)28(37)32(25)16-15-31-12-4-3-5-13-31/h6,8-11,18-19H,3-5,7,12-17H2,1-2H3,(H2,29,30,36). The molecule has 2 aromatic carbocycles. The number of ether oxygens (including phenoxy) is 1. The molecule has 0 saturated carbocycles. The highest BCUT2D eigenvalue weighted by Crippen LogP contribution is 2.18. The average molecular weight is 522 g/mol. The number of urea groups is 1. The topological polar surface area (TPSA) is 115 Å². The van der Waals surface area contributed by atoms with Crippen LogP contribution in [0, 0.1) is 0 Å². The van der Waals surface area contributed by atoms with Crippen LogP contribution >= 0.6 is 0 Å². The molecule has 1 aromatic heterocycles. The Balaban J connectivity index is 1.61. The lowest BCUT2D eigenvalue weighted by Gasteiger charge is -2.27. The van der Waals surface area contributed by atoms with E-state index >= 15 is 0 Å². The van der Waals surface area contributed by atoms with Crippen molar-refractivity contribution in [1.29, 1.82) is 0 Å². The quantitative estimate of drug-likeness (QED) is 0.312. The van der Waals surface area contributed by atoms with Gasteiger partial charge in [-0.05, 0) is 69.6 Å². The number of carbonyl (C=O) groups is 2. The highest BCUT2D eigenvalue weighted by molar-refractivity contribution is 6.02. The summed E-state index contributed by atoms with van der Waals surface area (Å²) in [6, 6.07) is 11.1. The maximum atomic E-state index is 13.4. The summed E-state index contributed by atoms with van der Waals surface area (Å²) in [5, 5.41) is 5.82. The normalized spacial score (nSPS) is 13.9. The smallest absolute Gasteiger partial charge is 0.331 e. The lowest BCUT2D eigenvalue weighted by molar-refractivity contribution is 0.101. The number of Topliss-reactive ketones (excluding diaryl/α,β-unsaturated/α-hetero) is 1. The van der Waals surface area contributed by atoms with Gasteiger partial charge in [0.25, 0.3) is 5.56 Å². The summed E-state index contributed by atoms with van der Waals surface area (Å²) in [6.07, 6.45) is 4.07. The third kappa shape index (κ3) is 6.56. The fourth-order valence-corrected chi connectivity index (χ4v) is 4.82. The number of rotatable bonds is 10. The molecule has 202 valence electrons. The first kappa shape index (κ1) is 27.3. The van der Waals surface area contributed by atoms with E-state index in [1.165, 1.54) is 17.9 Å². The maximum absolute atomic E-state index is 13.4. The lowest BCUT2D eigenvalue weighted by atomic mass is 10.1. The number of amides is 2. The van der Waals surface area contributed by atoms with Crippen molar-refractivity contribution in [2.45, 2.75) is 45.7 Å². The van der Waals surface area contributed by atoms with Crippen LogP contribution in [0.4, 0.5) is 16.2 Å². The highest BCUT2D eigenvalue weighted by atomic mass is 16.5. The van der Waals surface area contributed by atoms with Gasteiger partial charge in [0.05, 0.1) is 10.9 Å². The Hall–Kier alpha value is -3.76. The Kier molecular flexibility index (Phi) is 9.09. The van der Waals surface area contributed by atoms with Crippen LogP contribution in [0.5, 0.6) is 0 Å². The number of hydrogen-bond donors (Lipinski definition) is 2. The SMILES string of the molecule is COCCCn1c(=O)c2cc(NC(=O)Nc3cccc(C(C)=O)c3)ccc2n(CCN2CCCCC2)c1=O. The summed E-state index contributed by atoms with van der Waals surface area (Å²) >= 11 is 0. The van der Waals surface area contributed by atoms with Crippen LogP contribution in [0.2, 0.25) is 0 Å². The minimum atomic E-state index is -0.510. The van der Waals surface area contributed by atoms with E-state index in [-0.39, 0.29) is 18.0 Å². The van der Waals surface area contributed by atoms with E-state index in [1.54, 1.807) is 54.1 Å². The molecule has 2 amide bonds. The Morgan fingerprint density at radius 1 is 0.895 bits per heavy atom. The Bertz CT molecular complexity index is 1420. The molecule has 38 heavy (non-hydrogen) atoms. The first-order chi connectivity index (χ1) is 18.4. The Morgan fingerprint density at radius 3 is 2.34 bits per heavy atom. The number of hydrogen-bond acceptors (Lipinski definition) is 6. The van der Waals surface area contributed by atoms with Crippen molar-refractivity contribution in [3.63, 3.8) is 0 Å². The molecule has 1 aliphatic rings. The minimum Gasteiger partial charge on any atom is -0.385 e. The van der Waals surface area contributed by atoms with E-state index in [0.29, 0.717) is 47.4 Å². The monoisotopic (exact) mass is 521 g/mol. The molecule has 10 heteroatoms. The van der Waals surface area contributed by atoms with Crippen molar-refractivity contribution in [3.8, 4) is 0 Å². The van der Waals surface area contributed by atoms with Crippen molar-refractivity contribution >= 4 is 34.1 Å². The maximum Gasteiger partial charge on any atom is 0.331 e. The number of likely N-dealkylation sites (tertiary alicyclic amines) is 1. The summed E-state index contributed by atoms with van der Waals surface area (Å²) in [5.41, 5.74) is 1.20. The summed E-state index contributed by atoms with van der Waals surface area (Å²) in [5.74, 6) is -0.100. The fraction of sp³-hybridized carbons (Fsp3) is 0.429. The minimum absolute atomic E-state index is 0.100. The van der Waals surface area contributed by atoms with Crippen molar-refractivity contribution < 1.29 is 14.3 Å². The van der Waals surface area contributed by atoms with E-state index in [1.807, 2.05) is 0 Å². The van der Waals surface area contributed by atoms with Crippen molar-refractivity contribution in [1.82, 2.24) is 14.0 Å². The summed E-state index contributed by atoms with van der Waals surface area (Å²) < 4.78 is 8.04. The molecule has 0 bridgehead atoms. The van der Waals surface area contributed by atoms with Gasteiger partial charge in [0, 0.05) is 50.3 Å². The lowest BCUT2D eigenvalue weighted by Crippen LogP contribution is -2.42. The van der Waals surface area contributed by atoms with Crippen LogP contribution in [-0.2, 0) is 17.8 Å². The number of methoxy groups -OCH3 is 1. The van der Waals surface area contributed by atoms with E-state index in [0.717, 1.165) is 32.5 Å². The van der Waals surface area contributed by atoms with Crippen LogP contribution in [0.25, 0.3) is 10.9 Å².